The Hall–Kier alpha value is -4.29. The molecule has 0 saturated carbocycles. The molecule has 8 nitrogen and oxygen atoms in total. The summed E-state index contributed by atoms with van der Waals surface area (Å²) in [7, 11) is 1.79. The van der Waals surface area contributed by atoms with E-state index in [2.05, 4.69) is 28.1 Å². The number of halogens is 1. The number of rotatable bonds is 3. The summed E-state index contributed by atoms with van der Waals surface area (Å²) < 4.78 is 0. The summed E-state index contributed by atoms with van der Waals surface area (Å²) in [4.78, 5) is 26.0. The molecule has 2 atom stereocenters. The number of thioether (sulfide) groups is 2. The zero-order valence-corrected chi connectivity index (χ0v) is 26.1. The van der Waals surface area contributed by atoms with Gasteiger partial charge < -0.3 is 21.7 Å². The Morgan fingerprint density at radius 1 is 0.750 bits per heavy atom. The van der Waals surface area contributed by atoms with Crippen LogP contribution in [-0.2, 0) is 9.59 Å². The first-order chi connectivity index (χ1) is 20.9. The van der Waals surface area contributed by atoms with Gasteiger partial charge >= 0.3 is 0 Å². The largest absolute Gasteiger partial charge is 0.324 e. The van der Waals surface area contributed by atoms with Gasteiger partial charge in [-0.05, 0) is 65.7 Å². The number of amides is 2. The number of carbonyl (C=O) groups excluding carboxylic acids is 2. The number of fused-ring (bicyclic) bond motifs is 2. The van der Waals surface area contributed by atoms with Crippen molar-refractivity contribution in [3.8, 4) is 34.4 Å². The smallest absolute Gasteiger partial charge is 0.242 e. The van der Waals surface area contributed by atoms with Crippen molar-refractivity contribution in [3.63, 3.8) is 0 Å². The van der Waals surface area contributed by atoms with Crippen molar-refractivity contribution in [2.24, 2.45) is 5.73 Å². The fourth-order valence-corrected chi connectivity index (χ4v) is 7.08. The molecule has 2 heterocycles. The molecule has 4 aromatic rings. The number of hydrogen-bond donors (Lipinski definition) is 4. The predicted octanol–water partition coefficient (Wildman–Crippen LogP) is 5.88. The van der Waals surface area contributed by atoms with E-state index in [4.69, 9.17) is 16.3 Å². The van der Waals surface area contributed by atoms with Gasteiger partial charge in [-0.15, -0.1) is 35.9 Å². The molecule has 0 bridgehead atoms. The monoisotopic (exact) mass is 640 g/mol. The van der Waals surface area contributed by atoms with Crippen molar-refractivity contribution in [3.05, 3.63) is 96.1 Å². The maximum Gasteiger partial charge on any atom is 0.242 e. The third-order valence-corrected chi connectivity index (χ3v) is 9.44. The second kappa shape index (κ2) is 14.9. The van der Waals surface area contributed by atoms with E-state index in [-0.39, 0.29) is 30.3 Å². The van der Waals surface area contributed by atoms with E-state index in [1.807, 2.05) is 72.8 Å². The van der Waals surface area contributed by atoms with Gasteiger partial charge in [-0.1, -0.05) is 48.5 Å². The highest BCUT2D eigenvalue weighted by molar-refractivity contribution is 8.00. The first kappa shape index (κ1) is 32.6. The number of nitrogens with zero attached hydrogens (tertiary/aromatic N) is 2. The highest BCUT2D eigenvalue weighted by Gasteiger charge is 2.25. The summed E-state index contributed by atoms with van der Waals surface area (Å²) in [5.41, 5.74) is 12.7. The lowest BCUT2D eigenvalue weighted by atomic mass is 10.0. The van der Waals surface area contributed by atoms with Crippen molar-refractivity contribution < 1.29 is 9.59 Å². The summed E-state index contributed by atoms with van der Waals surface area (Å²) in [6, 6.07) is 30.2. The number of hydrogen-bond acceptors (Lipinski definition) is 8. The zero-order valence-electron chi connectivity index (χ0n) is 23.7. The molecule has 6 rings (SSSR count). The molecule has 44 heavy (non-hydrogen) atoms. The third-order valence-electron chi connectivity index (χ3n) is 6.95. The van der Waals surface area contributed by atoms with Crippen molar-refractivity contribution in [1.29, 1.82) is 10.5 Å². The first-order valence-corrected chi connectivity index (χ1v) is 15.5. The minimum Gasteiger partial charge on any atom is -0.324 e. The van der Waals surface area contributed by atoms with Gasteiger partial charge in [-0.3, -0.25) is 9.59 Å². The van der Waals surface area contributed by atoms with E-state index < -0.39 is 6.04 Å². The molecule has 0 aliphatic carbocycles. The molecule has 222 valence electrons. The van der Waals surface area contributed by atoms with Gasteiger partial charge in [0.25, 0.3) is 0 Å². The van der Waals surface area contributed by atoms with Crippen LogP contribution >= 0.6 is 35.9 Å². The lowest BCUT2D eigenvalue weighted by Gasteiger charge is -2.12. The second-order valence-electron chi connectivity index (χ2n) is 9.80. The second-order valence-corrected chi connectivity index (χ2v) is 11.9. The number of anilines is 2. The van der Waals surface area contributed by atoms with Crippen LogP contribution in [0.2, 0.25) is 0 Å². The predicted molar refractivity (Wildman–Crippen MR) is 180 cm³/mol. The molecule has 11 heteroatoms. The van der Waals surface area contributed by atoms with Crippen LogP contribution in [0.25, 0.3) is 22.3 Å². The van der Waals surface area contributed by atoms with E-state index in [1.54, 1.807) is 42.7 Å². The molecule has 4 aromatic carbocycles. The van der Waals surface area contributed by atoms with Crippen molar-refractivity contribution >= 4 is 59.1 Å². The van der Waals surface area contributed by atoms with Crippen LogP contribution in [0, 0.1) is 22.7 Å². The van der Waals surface area contributed by atoms with E-state index >= 15 is 0 Å². The Balaban J connectivity index is 0.000000197. The minimum absolute atomic E-state index is 0. The van der Waals surface area contributed by atoms with Crippen LogP contribution in [0.5, 0.6) is 0 Å². The van der Waals surface area contributed by atoms with Crippen LogP contribution in [0.15, 0.2) is 94.7 Å². The lowest BCUT2D eigenvalue weighted by Crippen LogP contribution is -2.39. The number of nitrogens with two attached hydrogens (primary N) is 1. The molecule has 0 aromatic heterocycles. The van der Waals surface area contributed by atoms with Crippen molar-refractivity contribution in [1.82, 2.24) is 5.32 Å². The van der Waals surface area contributed by atoms with E-state index in [9.17, 15) is 9.59 Å². The summed E-state index contributed by atoms with van der Waals surface area (Å²) in [6.07, 6.45) is 0. The Morgan fingerprint density at radius 3 is 1.73 bits per heavy atom. The van der Waals surface area contributed by atoms with Gasteiger partial charge in [0.2, 0.25) is 11.8 Å². The molecule has 2 amide bonds. The first-order valence-electron chi connectivity index (χ1n) is 13.5. The summed E-state index contributed by atoms with van der Waals surface area (Å²) in [5, 5.41) is 27.0. The highest BCUT2D eigenvalue weighted by Crippen LogP contribution is 2.40. The molecular weight excluding hydrogens is 612 g/mol. The average molecular weight is 641 g/mol. The fourth-order valence-electron chi connectivity index (χ4n) is 4.70. The Kier molecular flexibility index (Phi) is 11.1. The molecule has 0 unspecified atom stereocenters. The molecule has 2 aliphatic heterocycles. The van der Waals surface area contributed by atoms with E-state index in [0.29, 0.717) is 22.6 Å². The van der Waals surface area contributed by atoms with Crippen LogP contribution in [0.4, 0.5) is 11.4 Å². The summed E-state index contributed by atoms with van der Waals surface area (Å²) in [6.45, 7) is 0. The maximum atomic E-state index is 12.1. The Bertz CT molecular complexity index is 1790. The van der Waals surface area contributed by atoms with Gasteiger partial charge in [0.15, 0.2) is 0 Å². The average Bonchev–Trinajstić information content (AvgIpc) is 3.30. The van der Waals surface area contributed by atoms with Crippen molar-refractivity contribution in [2.45, 2.75) is 21.9 Å². The van der Waals surface area contributed by atoms with Crippen LogP contribution in [0.1, 0.15) is 11.1 Å². The number of likely N-dealkylation sites (N-methyl/N-ethyl adjacent to an activating group) is 1. The molecule has 0 fully saturated rings. The third kappa shape index (κ3) is 7.25. The number of carbonyl (C=O) groups is 2. The van der Waals surface area contributed by atoms with Gasteiger partial charge in [-0.2, -0.15) is 10.5 Å². The molecule has 0 saturated heterocycles. The number of nitrogens with one attached hydrogen (secondary N) is 3. The highest BCUT2D eigenvalue weighted by atomic mass is 35.5. The minimum atomic E-state index is -0.513. The molecule has 0 radical (unpaired) electrons. The van der Waals surface area contributed by atoms with Gasteiger partial charge in [-0.25, -0.2) is 0 Å². The molecule has 0 spiro atoms. The normalized spacial score (nSPS) is 16.8. The standard InChI is InChI=1S/C17H15N3OS.C16H13N3OS.ClH/c1-19-15-10-22-16-13(6-3-7-14(16)20-17(15)21)12-5-2-4-11(8-12)9-18;17-8-10-3-1-4-11(7-10)12-5-2-6-14-15(12)21-9-13(18)16(20)19-14;/h2-8,15,19H,10H2,1H3,(H,20,21);1-7,13H,9,18H2,(H,19,20);1H/t15-;13-;/m00./s1. The summed E-state index contributed by atoms with van der Waals surface area (Å²) >= 11 is 3.22. The van der Waals surface area contributed by atoms with Crippen LogP contribution in [-0.4, -0.2) is 42.5 Å². The van der Waals surface area contributed by atoms with Crippen LogP contribution in [0.3, 0.4) is 0 Å². The zero-order chi connectivity index (χ0) is 30.3. The summed E-state index contributed by atoms with van der Waals surface area (Å²) in [5.74, 6) is 1.03. The molecule has 2 aliphatic rings. The SMILES string of the molecule is CN[C@H]1CSc2c(cccc2-c2cccc(C#N)c2)NC1=O.Cl.N#Cc1cccc(-c2cccc3c2SC[C@H](N)C(=O)N3)c1. The fraction of sp³-hybridized carbons (Fsp3) is 0.152. The Morgan fingerprint density at radius 2 is 1.23 bits per heavy atom. The molecular formula is C33H29ClN6O2S2. The number of benzene rings is 4. The van der Waals surface area contributed by atoms with Gasteiger partial charge in [0.05, 0.1) is 46.7 Å². The van der Waals surface area contributed by atoms with E-state index in [1.165, 1.54) is 0 Å². The lowest BCUT2D eigenvalue weighted by molar-refractivity contribution is -0.118. The maximum absolute atomic E-state index is 12.1. The van der Waals surface area contributed by atoms with Gasteiger partial charge in [0, 0.05) is 21.3 Å². The number of nitriles is 2. The Labute approximate surface area is 270 Å². The van der Waals surface area contributed by atoms with E-state index in [0.717, 1.165) is 43.4 Å². The van der Waals surface area contributed by atoms with Crippen molar-refractivity contribution in [2.75, 3.05) is 29.2 Å². The van der Waals surface area contributed by atoms with Crippen LogP contribution < -0.4 is 21.7 Å². The quantitative estimate of drug-likeness (QED) is 0.217. The van der Waals surface area contributed by atoms with Gasteiger partial charge in [0.1, 0.15) is 0 Å². The topological polar surface area (TPSA) is 144 Å². The molecule has 5 N–H and O–H groups in total.